The number of benzene rings is 3. The van der Waals surface area contributed by atoms with Crippen molar-refractivity contribution in [1.29, 1.82) is 0 Å². The quantitative estimate of drug-likeness (QED) is 0.229. The van der Waals surface area contributed by atoms with Crippen LogP contribution in [0.3, 0.4) is 0 Å². The van der Waals surface area contributed by atoms with Crippen LogP contribution in [0.25, 0.3) is 5.52 Å². The normalized spacial score (nSPS) is 16.1. The monoisotopic (exact) mass is 607 g/mol. The van der Waals surface area contributed by atoms with Crippen LogP contribution >= 0.6 is 0 Å². The zero-order valence-corrected chi connectivity index (χ0v) is 25.1. The van der Waals surface area contributed by atoms with Gasteiger partial charge in [0.2, 0.25) is 5.91 Å². The summed E-state index contributed by atoms with van der Waals surface area (Å²) in [6.45, 7) is 1.10. The molecule has 0 bridgehead atoms. The number of amides is 2. The smallest absolute Gasteiger partial charge is 0.258 e. The molecule has 9 nitrogen and oxygen atoms in total. The molecule has 230 valence electrons. The Labute approximate surface area is 260 Å². The van der Waals surface area contributed by atoms with Gasteiger partial charge < -0.3 is 25.0 Å². The van der Waals surface area contributed by atoms with E-state index in [0.717, 1.165) is 33.9 Å². The lowest BCUT2D eigenvalue weighted by atomic mass is 9.99. The molecule has 0 saturated carbocycles. The molecule has 0 aliphatic carbocycles. The van der Waals surface area contributed by atoms with Gasteiger partial charge in [0.1, 0.15) is 17.3 Å². The summed E-state index contributed by atoms with van der Waals surface area (Å²) >= 11 is 0. The molecule has 2 N–H and O–H groups in total. The average Bonchev–Trinajstić information content (AvgIpc) is 3.70. The average molecular weight is 608 g/mol. The molecule has 1 saturated heterocycles. The Morgan fingerprint density at radius 2 is 1.58 bits per heavy atom. The fourth-order valence-electron chi connectivity index (χ4n) is 5.94. The largest absolute Gasteiger partial charge is 0.497 e. The van der Waals surface area contributed by atoms with Crippen LogP contribution in [0.2, 0.25) is 0 Å². The first-order valence-electron chi connectivity index (χ1n) is 14.7. The second-order valence-corrected chi connectivity index (χ2v) is 11.2. The lowest BCUT2D eigenvalue weighted by molar-refractivity contribution is -0.121. The fourth-order valence-corrected chi connectivity index (χ4v) is 5.94. The topological polar surface area (TPSA) is 102 Å². The lowest BCUT2D eigenvalue weighted by Crippen LogP contribution is -2.30. The minimum absolute atomic E-state index is 0.188. The Morgan fingerprint density at radius 1 is 0.933 bits per heavy atom. The van der Waals surface area contributed by atoms with E-state index >= 15 is 0 Å². The molecule has 0 spiro atoms. The van der Waals surface area contributed by atoms with E-state index in [-0.39, 0.29) is 17.8 Å². The van der Waals surface area contributed by atoms with Crippen LogP contribution in [-0.4, -0.2) is 47.1 Å². The van der Waals surface area contributed by atoms with Crippen LogP contribution in [-0.2, 0) is 17.9 Å². The van der Waals surface area contributed by atoms with Gasteiger partial charge in [-0.25, -0.2) is 8.91 Å². The first-order valence-corrected chi connectivity index (χ1v) is 14.7. The molecule has 2 atom stereocenters. The van der Waals surface area contributed by atoms with Crippen molar-refractivity contribution in [1.82, 2.24) is 14.5 Å². The molecule has 2 amide bonds. The Hall–Kier alpha value is -5.38. The van der Waals surface area contributed by atoms with Crippen molar-refractivity contribution in [3.05, 3.63) is 125 Å². The van der Waals surface area contributed by atoms with Crippen molar-refractivity contribution < 1.29 is 23.5 Å². The van der Waals surface area contributed by atoms with Crippen molar-refractivity contribution in [2.45, 2.75) is 25.6 Å². The first kappa shape index (κ1) is 29.7. The van der Waals surface area contributed by atoms with E-state index in [0.29, 0.717) is 37.1 Å². The molecule has 1 aliphatic rings. The highest BCUT2D eigenvalue weighted by Gasteiger charge is 2.36. The number of fused-ring (bicyclic) bond motifs is 1. The number of methoxy groups -OCH3 is 2. The number of nitrogens with zero attached hydrogens (tertiary/aromatic N) is 4. The van der Waals surface area contributed by atoms with E-state index < -0.39 is 11.8 Å². The van der Waals surface area contributed by atoms with Crippen molar-refractivity contribution in [3.8, 4) is 11.5 Å². The van der Waals surface area contributed by atoms with Gasteiger partial charge in [0.05, 0.1) is 43.5 Å². The highest BCUT2D eigenvalue weighted by molar-refractivity contribution is 6.01. The summed E-state index contributed by atoms with van der Waals surface area (Å²) in [4.78, 5) is 30.3. The van der Waals surface area contributed by atoms with Gasteiger partial charge in [0, 0.05) is 31.5 Å². The van der Waals surface area contributed by atoms with Gasteiger partial charge >= 0.3 is 0 Å². The van der Waals surface area contributed by atoms with Crippen molar-refractivity contribution >= 4 is 23.0 Å². The molecule has 45 heavy (non-hydrogen) atoms. The minimum Gasteiger partial charge on any atom is -0.497 e. The maximum Gasteiger partial charge on any atom is 0.258 e. The number of hydrogen-bond donors (Lipinski definition) is 1. The summed E-state index contributed by atoms with van der Waals surface area (Å²) < 4.78 is 26.5. The number of anilines is 1. The summed E-state index contributed by atoms with van der Waals surface area (Å²) in [5.41, 5.74) is 10.2. The standard InChI is InChI=1S/C35H34FN5O4/c1-44-29-10-6-23(7-11-29)20-39(21-24-8-12-30(45-2)13-9-24)35(43)31-19-38-41-15-14-28(18-33(31)41)40-22-26(34(37)42)17-32(40)25-4-3-5-27(36)16-25/h3-16,18-19,26,32H,17,20-22H2,1-2H3,(H2,37,42). The molecule has 1 fully saturated rings. The number of primary amides is 1. The van der Waals surface area contributed by atoms with Gasteiger partial charge in [-0.05, 0) is 71.6 Å². The summed E-state index contributed by atoms with van der Waals surface area (Å²) in [6.07, 6.45) is 3.84. The predicted molar refractivity (Wildman–Crippen MR) is 169 cm³/mol. The molecule has 2 unspecified atom stereocenters. The number of rotatable bonds is 10. The summed E-state index contributed by atoms with van der Waals surface area (Å²) in [5, 5.41) is 4.48. The Balaban J connectivity index is 1.35. The van der Waals surface area contributed by atoms with E-state index in [9.17, 15) is 14.0 Å². The van der Waals surface area contributed by atoms with Crippen LogP contribution in [0.4, 0.5) is 10.1 Å². The van der Waals surface area contributed by atoms with Gasteiger partial charge in [-0.1, -0.05) is 36.4 Å². The van der Waals surface area contributed by atoms with E-state index in [1.807, 2.05) is 66.7 Å². The molecule has 6 rings (SSSR count). The third kappa shape index (κ3) is 6.31. The second-order valence-electron chi connectivity index (χ2n) is 11.2. The summed E-state index contributed by atoms with van der Waals surface area (Å²) in [5.74, 6) is 0.144. The SMILES string of the molecule is COc1ccc(CN(Cc2ccc(OC)cc2)C(=O)c2cnn3ccc(N4CC(C(N)=O)CC4c4cccc(F)c4)cc23)cc1. The van der Waals surface area contributed by atoms with Crippen LogP contribution in [0.15, 0.2) is 97.3 Å². The highest BCUT2D eigenvalue weighted by Crippen LogP contribution is 2.39. The fraction of sp³-hybridized carbons (Fsp3) is 0.229. The minimum atomic E-state index is -0.398. The Kier molecular flexibility index (Phi) is 8.37. The van der Waals surface area contributed by atoms with Crippen LogP contribution in [0, 0.1) is 11.7 Å². The molecule has 5 aromatic rings. The van der Waals surface area contributed by atoms with E-state index in [4.69, 9.17) is 15.2 Å². The molecular formula is C35H34FN5O4. The van der Waals surface area contributed by atoms with E-state index in [1.165, 1.54) is 12.1 Å². The molecule has 10 heteroatoms. The van der Waals surface area contributed by atoms with Crippen molar-refractivity contribution in [2.24, 2.45) is 11.7 Å². The van der Waals surface area contributed by atoms with Gasteiger partial charge in [0.15, 0.2) is 0 Å². The number of ether oxygens (including phenoxy) is 2. The third-order valence-corrected chi connectivity index (χ3v) is 8.36. The highest BCUT2D eigenvalue weighted by atomic mass is 19.1. The first-order chi connectivity index (χ1) is 21.8. The van der Waals surface area contributed by atoms with Crippen LogP contribution < -0.4 is 20.1 Å². The maximum atomic E-state index is 14.3. The van der Waals surface area contributed by atoms with E-state index in [2.05, 4.69) is 10.00 Å². The zero-order chi connectivity index (χ0) is 31.5. The van der Waals surface area contributed by atoms with Crippen LogP contribution in [0.5, 0.6) is 11.5 Å². The summed E-state index contributed by atoms with van der Waals surface area (Å²) in [7, 11) is 3.23. The number of hydrogen-bond acceptors (Lipinski definition) is 6. The van der Waals surface area contributed by atoms with Gasteiger partial charge in [0.25, 0.3) is 5.91 Å². The molecule has 3 aromatic carbocycles. The van der Waals surface area contributed by atoms with Crippen LogP contribution in [0.1, 0.15) is 39.5 Å². The van der Waals surface area contributed by atoms with Crippen molar-refractivity contribution in [2.75, 3.05) is 25.7 Å². The van der Waals surface area contributed by atoms with Gasteiger partial charge in [-0.3, -0.25) is 9.59 Å². The lowest BCUT2D eigenvalue weighted by Gasteiger charge is -2.27. The number of aromatic nitrogens is 2. The summed E-state index contributed by atoms with van der Waals surface area (Å²) in [6, 6.07) is 25.2. The van der Waals surface area contributed by atoms with Gasteiger partial charge in [-0.15, -0.1) is 0 Å². The van der Waals surface area contributed by atoms with Crippen molar-refractivity contribution in [3.63, 3.8) is 0 Å². The third-order valence-electron chi connectivity index (χ3n) is 8.36. The van der Waals surface area contributed by atoms with E-state index in [1.54, 1.807) is 42.1 Å². The molecule has 0 radical (unpaired) electrons. The zero-order valence-electron chi connectivity index (χ0n) is 25.1. The Morgan fingerprint density at radius 3 is 2.16 bits per heavy atom. The Bertz CT molecular complexity index is 1770. The second kappa shape index (κ2) is 12.7. The number of pyridine rings is 1. The number of halogens is 1. The number of nitrogens with two attached hydrogens (primary N) is 1. The maximum absolute atomic E-state index is 14.3. The predicted octanol–water partition coefficient (Wildman–Crippen LogP) is 5.39. The van der Waals surface area contributed by atoms with Gasteiger partial charge in [-0.2, -0.15) is 5.10 Å². The molecular weight excluding hydrogens is 573 g/mol. The molecule has 3 heterocycles. The molecule has 2 aromatic heterocycles. The number of carbonyl (C=O) groups excluding carboxylic acids is 2. The molecule has 1 aliphatic heterocycles. The number of carbonyl (C=O) groups is 2.